The number of benzene rings is 1. The number of amides is 1. The fourth-order valence-corrected chi connectivity index (χ4v) is 3.26. The Morgan fingerprint density at radius 1 is 1.25 bits per heavy atom. The van der Waals surface area contributed by atoms with Crippen molar-refractivity contribution >= 4 is 28.6 Å². The molecule has 1 N–H and O–H groups in total. The lowest BCUT2D eigenvalue weighted by Gasteiger charge is -2.28. The zero-order chi connectivity index (χ0) is 16.8. The topological polar surface area (TPSA) is 53.9 Å². The highest BCUT2D eigenvalue weighted by atomic mass is 32.1. The minimum Gasteiger partial charge on any atom is -0.378 e. The van der Waals surface area contributed by atoms with Gasteiger partial charge < -0.3 is 9.64 Å². The summed E-state index contributed by atoms with van der Waals surface area (Å²) in [6, 6.07) is 12.1. The molecule has 5 nitrogen and oxygen atoms in total. The SMILES string of the molecule is C/C(=N/NC(=O)Cc1cccs1)c1ccc(N2CCOCC2)cc1. The maximum atomic E-state index is 11.9. The van der Waals surface area contributed by atoms with E-state index in [1.165, 1.54) is 5.69 Å². The monoisotopic (exact) mass is 343 g/mol. The molecule has 2 heterocycles. The second-order valence-electron chi connectivity index (χ2n) is 5.63. The summed E-state index contributed by atoms with van der Waals surface area (Å²) in [5.74, 6) is -0.0956. The van der Waals surface area contributed by atoms with E-state index in [2.05, 4.69) is 27.6 Å². The standard InChI is InChI=1S/C18H21N3O2S/c1-14(19-20-18(22)13-17-3-2-12-24-17)15-4-6-16(7-5-15)21-8-10-23-11-9-21/h2-7,12H,8-11,13H2,1H3,(H,20,22)/b19-14-. The third-order valence-electron chi connectivity index (χ3n) is 3.92. The van der Waals surface area contributed by atoms with Crippen LogP contribution in [0.15, 0.2) is 46.9 Å². The molecule has 0 saturated carbocycles. The van der Waals surface area contributed by atoms with Crippen molar-refractivity contribution < 1.29 is 9.53 Å². The van der Waals surface area contributed by atoms with E-state index < -0.39 is 0 Å². The number of nitrogens with one attached hydrogen (secondary N) is 1. The molecular weight excluding hydrogens is 322 g/mol. The Bertz CT molecular complexity index is 690. The van der Waals surface area contributed by atoms with E-state index in [0.29, 0.717) is 6.42 Å². The first-order chi connectivity index (χ1) is 11.7. The summed E-state index contributed by atoms with van der Waals surface area (Å²) in [6.45, 7) is 5.29. The number of carbonyl (C=O) groups excluding carboxylic acids is 1. The van der Waals surface area contributed by atoms with E-state index in [1.807, 2.05) is 36.6 Å². The van der Waals surface area contributed by atoms with Crippen LogP contribution in [0.4, 0.5) is 5.69 Å². The molecule has 1 saturated heterocycles. The number of hydrogen-bond donors (Lipinski definition) is 1. The Morgan fingerprint density at radius 3 is 2.67 bits per heavy atom. The lowest BCUT2D eigenvalue weighted by Crippen LogP contribution is -2.36. The first-order valence-electron chi connectivity index (χ1n) is 8.01. The minimum atomic E-state index is -0.0956. The van der Waals surface area contributed by atoms with Crippen molar-refractivity contribution in [2.45, 2.75) is 13.3 Å². The molecule has 0 unspecified atom stereocenters. The van der Waals surface area contributed by atoms with Crippen molar-refractivity contribution in [3.63, 3.8) is 0 Å². The average molecular weight is 343 g/mol. The minimum absolute atomic E-state index is 0.0956. The van der Waals surface area contributed by atoms with Gasteiger partial charge in [0.15, 0.2) is 0 Å². The zero-order valence-electron chi connectivity index (χ0n) is 13.7. The number of hydrogen-bond acceptors (Lipinski definition) is 5. The van der Waals surface area contributed by atoms with Gasteiger partial charge in [0.2, 0.25) is 5.91 Å². The van der Waals surface area contributed by atoms with Crippen molar-refractivity contribution in [1.29, 1.82) is 0 Å². The Labute approximate surface area is 145 Å². The van der Waals surface area contributed by atoms with Gasteiger partial charge in [-0.25, -0.2) is 5.43 Å². The molecular formula is C18H21N3O2S. The number of morpholine rings is 1. The van der Waals surface area contributed by atoms with Crippen LogP contribution in [0.3, 0.4) is 0 Å². The number of carbonyl (C=O) groups is 1. The van der Waals surface area contributed by atoms with E-state index >= 15 is 0 Å². The zero-order valence-corrected chi connectivity index (χ0v) is 14.5. The van der Waals surface area contributed by atoms with E-state index in [9.17, 15) is 4.79 Å². The fourth-order valence-electron chi connectivity index (χ4n) is 2.56. The molecule has 1 aliphatic rings. The van der Waals surface area contributed by atoms with Crippen molar-refractivity contribution in [2.75, 3.05) is 31.2 Å². The number of hydrazone groups is 1. The van der Waals surface area contributed by atoms with Crippen molar-refractivity contribution in [3.05, 3.63) is 52.2 Å². The van der Waals surface area contributed by atoms with Crippen molar-refractivity contribution in [2.24, 2.45) is 5.10 Å². The van der Waals surface area contributed by atoms with Crippen LogP contribution in [0.25, 0.3) is 0 Å². The molecule has 0 aliphatic carbocycles. The van der Waals surface area contributed by atoms with Gasteiger partial charge in [0.25, 0.3) is 0 Å². The summed E-state index contributed by atoms with van der Waals surface area (Å²) >= 11 is 1.57. The molecule has 1 amide bonds. The molecule has 6 heteroatoms. The molecule has 1 fully saturated rings. The molecule has 0 bridgehead atoms. The summed E-state index contributed by atoms with van der Waals surface area (Å²) in [5.41, 5.74) is 5.61. The fraction of sp³-hybridized carbons (Fsp3) is 0.333. The first kappa shape index (κ1) is 16.7. The molecule has 0 atom stereocenters. The lowest BCUT2D eigenvalue weighted by atomic mass is 10.1. The number of anilines is 1. The Morgan fingerprint density at radius 2 is 2.00 bits per heavy atom. The largest absolute Gasteiger partial charge is 0.378 e. The Hall–Kier alpha value is -2.18. The van der Waals surface area contributed by atoms with E-state index in [1.54, 1.807) is 11.3 Å². The molecule has 1 aliphatic heterocycles. The van der Waals surface area contributed by atoms with E-state index in [-0.39, 0.29) is 5.91 Å². The molecule has 0 spiro atoms. The van der Waals surface area contributed by atoms with Crippen LogP contribution in [0.2, 0.25) is 0 Å². The molecule has 3 rings (SSSR count). The smallest absolute Gasteiger partial charge is 0.245 e. The van der Waals surface area contributed by atoms with Gasteiger partial charge in [-0.3, -0.25) is 4.79 Å². The highest BCUT2D eigenvalue weighted by Crippen LogP contribution is 2.17. The quantitative estimate of drug-likeness (QED) is 0.671. The van der Waals surface area contributed by atoms with Crippen LogP contribution >= 0.6 is 11.3 Å². The summed E-state index contributed by atoms with van der Waals surface area (Å²) in [5, 5.41) is 6.17. The summed E-state index contributed by atoms with van der Waals surface area (Å²) < 4.78 is 5.37. The van der Waals surface area contributed by atoms with Gasteiger partial charge in [0.1, 0.15) is 0 Å². The van der Waals surface area contributed by atoms with Gasteiger partial charge in [0, 0.05) is 23.7 Å². The Kier molecular flexibility index (Phi) is 5.61. The number of thiophene rings is 1. The van der Waals surface area contributed by atoms with Crippen LogP contribution in [0, 0.1) is 0 Å². The van der Waals surface area contributed by atoms with Gasteiger partial charge in [0.05, 0.1) is 25.3 Å². The summed E-state index contributed by atoms with van der Waals surface area (Å²) in [7, 11) is 0. The number of ether oxygens (including phenoxy) is 1. The first-order valence-corrected chi connectivity index (χ1v) is 8.89. The lowest BCUT2D eigenvalue weighted by molar-refractivity contribution is -0.120. The normalized spacial score (nSPS) is 15.4. The van der Waals surface area contributed by atoms with Gasteiger partial charge >= 0.3 is 0 Å². The maximum absolute atomic E-state index is 11.9. The Balaban J connectivity index is 1.57. The molecule has 1 aromatic carbocycles. The van der Waals surface area contributed by atoms with Crippen LogP contribution in [0.5, 0.6) is 0 Å². The highest BCUT2D eigenvalue weighted by Gasteiger charge is 2.11. The van der Waals surface area contributed by atoms with Crippen LogP contribution < -0.4 is 10.3 Å². The third kappa shape index (κ3) is 4.43. The summed E-state index contributed by atoms with van der Waals surface area (Å²) in [6.07, 6.45) is 0.365. The third-order valence-corrected chi connectivity index (χ3v) is 4.80. The molecule has 0 radical (unpaired) electrons. The van der Waals surface area contributed by atoms with Gasteiger partial charge in [-0.05, 0) is 36.1 Å². The average Bonchev–Trinajstić information content (AvgIpc) is 3.13. The molecule has 2 aromatic rings. The van der Waals surface area contributed by atoms with Gasteiger partial charge in [-0.1, -0.05) is 18.2 Å². The van der Waals surface area contributed by atoms with Crippen molar-refractivity contribution in [3.8, 4) is 0 Å². The van der Waals surface area contributed by atoms with E-state index in [0.717, 1.165) is 42.5 Å². The predicted molar refractivity (Wildman–Crippen MR) is 97.9 cm³/mol. The molecule has 24 heavy (non-hydrogen) atoms. The van der Waals surface area contributed by atoms with Crippen LogP contribution in [0.1, 0.15) is 17.4 Å². The van der Waals surface area contributed by atoms with Crippen molar-refractivity contribution in [1.82, 2.24) is 5.43 Å². The number of nitrogens with zero attached hydrogens (tertiary/aromatic N) is 2. The molecule has 126 valence electrons. The van der Waals surface area contributed by atoms with Crippen LogP contribution in [-0.2, 0) is 16.0 Å². The second-order valence-corrected chi connectivity index (χ2v) is 6.67. The number of rotatable bonds is 5. The predicted octanol–water partition coefficient (Wildman–Crippen LogP) is 2.67. The second kappa shape index (κ2) is 8.08. The summed E-state index contributed by atoms with van der Waals surface area (Å²) in [4.78, 5) is 15.2. The van der Waals surface area contributed by atoms with Gasteiger partial charge in [-0.15, -0.1) is 11.3 Å². The highest BCUT2D eigenvalue weighted by molar-refractivity contribution is 7.10. The molecule has 1 aromatic heterocycles. The van der Waals surface area contributed by atoms with Crippen LogP contribution in [-0.4, -0.2) is 37.9 Å². The maximum Gasteiger partial charge on any atom is 0.245 e. The van der Waals surface area contributed by atoms with E-state index in [4.69, 9.17) is 4.74 Å². The van der Waals surface area contributed by atoms with Gasteiger partial charge in [-0.2, -0.15) is 5.10 Å².